The van der Waals surface area contributed by atoms with E-state index in [-0.39, 0.29) is 5.91 Å². The Morgan fingerprint density at radius 2 is 2.28 bits per heavy atom. The zero-order valence-corrected chi connectivity index (χ0v) is 12.5. The van der Waals surface area contributed by atoms with Crippen molar-refractivity contribution in [3.8, 4) is 0 Å². The largest absolute Gasteiger partial charge is 0.369 e. The molecule has 0 saturated carbocycles. The van der Waals surface area contributed by atoms with E-state index in [0.717, 1.165) is 12.3 Å². The van der Waals surface area contributed by atoms with Gasteiger partial charge in [0.25, 0.3) is 5.91 Å². The molecule has 2 fully saturated rings. The predicted molar refractivity (Wildman–Crippen MR) is 83.4 cm³/mol. The smallest absolute Gasteiger partial charge is 0.266 e. The first-order valence-corrected chi connectivity index (χ1v) is 7.75. The van der Waals surface area contributed by atoms with Gasteiger partial charge in [-0.05, 0) is 12.2 Å². The van der Waals surface area contributed by atoms with Gasteiger partial charge in [-0.25, -0.2) is 0 Å². The molecule has 0 atom stereocenters. The van der Waals surface area contributed by atoms with Gasteiger partial charge in [-0.15, -0.1) is 18.3 Å². The quantitative estimate of drug-likeness (QED) is 0.452. The van der Waals surface area contributed by atoms with Crippen molar-refractivity contribution in [3.63, 3.8) is 0 Å². The van der Waals surface area contributed by atoms with Crippen LogP contribution in [0.2, 0.25) is 0 Å². The van der Waals surface area contributed by atoms with E-state index in [9.17, 15) is 4.79 Å². The van der Waals surface area contributed by atoms with Crippen LogP contribution in [0.4, 0.5) is 0 Å². The molecule has 96 valence electrons. The highest BCUT2D eigenvalue weighted by atomic mass is 32.2. The first kappa shape index (κ1) is 13.7. The maximum atomic E-state index is 12.0. The molecule has 1 amide bonds. The van der Waals surface area contributed by atoms with Crippen LogP contribution in [0.3, 0.4) is 0 Å². The van der Waals surface area contributed by atoms with Gasteiger partial charge >= 0.3 is 0 Å². The molecule has 0 aromatic heterocycles. The van der Waals surface area contributed by atoms with Crippen LogP contribution in [0, 0.1) is 0 Å². The first-order valence-electron chi connectivity index (χ1n) is 5.54. The van der Waals surface area contributed by atoms with Crippen molar-refractivity contribution in [2.45, 2.75) is 0 Å². The fraction of sp³-hybridized carbons (Fsp3) is 0.333. The van der Waals surface area contributed by atoms with Crippen molar-refractivity contribution in [2.24, 2.45) is 0 Å². The molecular formula is C12H14N2OS3. The van der Waals surface area contributed by atoms with E-state index in [2.05, 4.69) is 18.5 Å². The highest BCUT2D eigenvalue weighted by Crippen LogP contribution is 2.32. The fourth-order valence-electron chi connectivity index (χ4n) is 1.63. The van der Waals surface area contributed by atoms with E-state index in [1.54, 1.807) is 22.7 Å². The number of rotatable bonds is 3. The summed E-state index contributed by atoms with van der Waals surface area (Å²) in [4.78, 5) is 16.5. The minimum Gasteiger partial charge on any atom is -0.369 e. The topological polar surface area (TPSA) is 23.6 Å². The molecule has 2 aliphatic rings. The highest BCUT2D eigenvalue weighted by molar-refractivity contribution is 8.26. The molecule has 0 aliphatic carbocycles. The fourth-order valence-corrected chi connectivity index (χ4v) is 3.90. The number of thiocarbonyl (C=S) groups is 1. The van der Waals surface area contributed by atoms with E-state index in [1.165, 1.54) is 16.8 Å². The van der Waals surface area contributed by atoms with E-state index in [0.29, 0.717) is 15.8 Å². The van der Waals surface area contributed by atoms with Gasteiger partial charge in [0, 0.05) is 25.9 Å². The van der Waals surface area contributed by atoms with E-state index >= 15 is 0 Å². The molecule has 6 heteroatoms. The standard InChI is InChI=1S/C12H14N2OS3/c1-3-6-14-11(15)9(18-12(14)16)4-5-10-13(2)7-8-17-10/h3-5H,1,6-8H2,2H3/b9-4+,10-5-. The second-order valence-electron chi connectivity index (χ2n) is 3.88. The van der Waals surface area contributed by atoms with Crippen molar-refractivity contribution in [1.82, 2.24) is 9.80 Å². The highest BCUT2D eigenvalue weighted by Gasteiger charge is 2.30. The lowest BCUT2D eigenvalue weighted by atomic mass is 10.4. The van der Waals surface area contributed by atoms with E-state index in [4.69, 9.17) is 12.2 Å². The minimum atomic E-state index is -0.0209. The predicted octanol–water partition coefficient (Wildman–Crippen LogP) is 2.44. The maximum Gasteiger partial charge on any atom is 0.266 e. The Morgan fingerprint density at radius 1 is 1.50 bits per heavy atom. The molecule has 2 saturated heterocycles. The third kappa shape index (κ3) is 2.81. The zero-order chi connectivity index (χ0) is 13.1. The molecule has 18 heavy (non-hydrogen) atoms. The molecule has 0 aromatic rings. The number of thioether (sulfide) groups is 2. The van der Waals surface area contributed by atoms with Crippen LogP contribution in [-0.4, -0.2) is 45.9 Å². The van der Waals surface area contributed by atoms with Gasteiger partial charge in [0.2, 0.25) is 0 Å². The van der Waals surface area contributed by atoms with Crippen LogP contribution >= 0.6 is 35.7 Å². The normalized spacial score (nSPS) is 24.7. The minimum absolute atomic E-state index is 0.0209. The Morgan fingerprint density at radius 3 is 2.89 bits per heavy atom. The number of nitrogens with zero attached hydrogens (tertiary/aromatic N) is 2. The van der Waals surface area contributed by atoms with Crippen molar-refractivity contribution in [2.75, 3.05) is 25.9 Å². The summed E-state index contributed by atoms with van der Waals surface area (Å²) in [6.45, 7) is 5.17. The zero-order valence-electron chi connectivity index (χ0n) is 10.1. The van der Waals surface area contributed by atoms with Gasteiger partial charge in [0.1, 0.15) is 4.32 Å². The Bertz CT molecular complexity index is 456. The molecule has 0 bridgehead atoms. The summed E-state index contributed by atoms with van der Waals surface area (Å²) in [5, 5.41) is 1.20. The first-order chi connectivity index (χ1) is 8.63. The summed E-state index contributed by atoms with van der Waals surface area (Å²) in [6.07, 6.45) is 5.55. The number of allylic oxidation sites excluding steroid dienone is 2. The van der Waals surface area contributed by atoms with Crippen LogP contribution < -0.4 is 0 Å². The van der Waals surface area contributed by atoms with Gasteiger partial charge in [-0.2, -0.15) is 0 Å². The van der Waals surface area contributed by atoms with Gasteiger partial charge in [-0.3, -0.25) is 9.69 Å². The molecule has 2 rings (SSSR count). The molecule has 0 N–H and O–H groups in total. The van der Waals surface area contributed by atoms with Crippen molar-refractivity contribution in [3.05, 3.63) is 34.7 Å². The van der Waals surface area contributed by atoms with Crippen LogP contribution in [0.5, 0.6) is 0 Å². The number of carbonyl (C=O) groups excluding carboxylic acids is 1. The molecule has 0 spiro atoms. The Labute approximate surface area is 121 Å². The lowest BCUT2D eigenvalue weighted by Crippen LogP contribution is -2.27. The van der Waals surface area contributed by atoms with E-state index in [1.807, 2.05) is 12.2 Å². The lowest BCUT2D eigenvalue weighted by Gasteiger charge is -2.10. The monoisotopic (exact) mass is 298 g/mol. The summed E-state index contributed by atoms with van der Waals surface area (Å²) in [5.74, 6) is 1.08. The SMILES string of the molecule is C=CCN1C(=O)/C(=C\C=C2/SCCN2C)SC1=S. The van der Waals surface area contributed by atoms with Gasteiger partial charge < -0.3 is 4.90 Å². The van der Waals surface area contributed by atoms with Crippen LogP contribution in [-0.2, 0) is 4.79 Å². The third-order valence-electron chi connectivity index (χ3n) is 2.62. The average Bonchev–Trinajstić information content (AvgIpc) is 2.86. The van der Waals surface area contributed by atoms with Crippen molar-refractivity contribution >= 4 is 46.0 Å². The third-order valence-corrected chi connectivity index (χ3v) is 5.14. The van der Waals surface area contributed by atoms with Gasteiger partial charge in [0.05, 0.1) is 9.93 Å². The molecule has 2 aliphatic heterocycles. The van der Waals surface area contributed by atoms with Crippen molar-refractivity contribution < 1.29 is 4.79 Å². The second-order valence-corrected chi connectivity index (χ2v) is 6.67. The molecular weight excluding hydrogens is 284 g/mol. The molecule has 0 unspecified atom stereocenters. The van der Waals surface area contributed by atoms with Crippen LogP contribution in [0.15, 0.2) is 34.7 Å². The number of hydrogen-bond donors (Lipinski definition) is 0. The number of hydrogen-bond acceptors (Lipinski definition) is 5. The summed E-state index contributed by atoms with van der Waals surface area (Å²) in [7, 11) is 2.06. The Hall–Kier alpha value is -0.720. The summed E-state index contributed by atoms with van der Waals surface area (Å²) in [6, 6.07) is 0. The Kier molecular flexibility index (Phi) is 4.53. The lowest BCUT2D eigenvalue weighted by molar-refractivity contribution is -0.121. The van der Waals surface area contributed by atoms with Crippen LogP contribution in [0.1, 0.15) is 0 Å². The molecule has 0 aromatic carbocycles. The van der Waals surface area contributed by atoms with Gasteiger partial charge in [-0.1, -0.05) is 30.1 Å². The maximum absolute atomic E-state index is 12.0. The molecule has 3 nitrogen and oxygen atoms in total. The van der Waals surface area contributed by atoms with Gasteiger partial charge in [0.15, 0.2) is 0 Å². The number of carbonyl (C=O) groups is 1. The molecule has 0 radical (unpaired) electrons. The summed E-state index contributed by atoms with van der Waals surface area (Å²) >= 11 is 8.34. The van der Waals surface area contributed by atoms with Crippen LogP contribution in [0.25, 0.3) is 0 Å². The van der Waals surface area contributed by atoms with Crippen molar-refractivity contribution in [1.29, 1.82) is 0 Å². The van der Waals surface area contributed by atoms with E-state index < -0.39 is 0 Å². The Balaban J connectivity index is 2.13. The molecule has 2 heterocycles. The second kappa shape index (κ2) is 5.95. The summed E-state index contributed by atoms with van der Waals surface area (Å²) in [5.41, 5.74) is 0. The summed E-state index contributed by atoms with van der Waals surface area (Å²) < 4.78 is 0.608. The average molecular weight is 298 g/mol. The number of amides is 1.